The van der Waals surface area contributed by atoms with Gasteiger partial charge in [-0.05, 0) is 35.9 Å². The molecule has 3 heteroatoms. The van der Waals surface area contributed by atoms with Crippen LogP contribution < -0.4 is 5.73 Å². The number of aryl methyl sites for hydroxylation is 1. The summed E-state index contributed by atoms with van der Waals surface area (Å²) in [4.78, 5) is 1.16. The van der Waals surface area contributed by atoms with E-state index in [0.717, 1.165) is 16.9 Å². The van der Waals surface area contributed by atoms with E-state index in [1.165, 1.54) is 6.07 Å². The lowest BCUT2D eigenvalue weighted by Gasteiger charge is -2.09. The van der Waals surface area contributed by atoms with E-state index in [4.69, 9.17) is 5.73 Å². The Bertz CT molecular complexity index is 439. The van der Waals surface area contributed by atoms with Crippen LogP contribution in [-0.4, -0.2) is 0 Å². The molecule has 0 saturated carbocycles. The Morgan fingerprint density at radius 2 is 2.00 bits per heavy atom. The van der Waals surface area contributed by atoms with E-state index >= 15 is 0 Å². The summed E-state index contributed by atoms with van der Waals surface area (Å²) in [5, 5.41) is 2.01. The second-order valence-electron chi connectivity index (χ2n) is 3.75. The molecule has 84 valence electrons. The molecular weight excluding hydrogens is 221 g/mol. The van der Waals surface area contributed by atoms with E-state index in [-0.39, 0.29) is 11.9 Å². The van der Waals surface area contributed by atoms with E-state index < -0.39 is 0 Å². The molecule has 16 heavy (non-hydrogen) atoms. The molecule has 0 aliphatic rings. The van der Waals surface area contributed by atoms with E-state index in [2.05, 4.69) is 0 Å². The van der Waals surface area contributed by atoms with E-state index in [0.29, 0.717) is 6.42 Å². The number of nitrogens with two attached hydrogens (primary N) is 1. The van der Waals surface area contributed by atoms with Crippen molar-refractivity contribution in [3.63, 3.8) is 0 Å². The number of benzene rings is 1. The molecule has 0 spiro atoms. The standard InChI is InChI=1S/C13H14FNS/c14-11-5-2-1-4-10(11)7-8-12(15)13-6-3-9-16-13/h1-6,9,12H,7-8,15H2. The Balaban J connectivity index is 1.95. The number of rotatable bonds is 4. The van der Waals surface area contributed by atoms with Crippen LogP contribution in [0.15, 0.2) is 41.8 Å². The quantitative estimate of drug-likeness (QED) is 0.862. The van der Waals surface area contributed by atoms with Gasteiger partial charge in [-0.2, -0.15) is 0 Å². The van der Waals surface area contributed by atoms with Crippen LogP contribution in [0.25, 0.3) is 0 Å². The molecule has 1 nitrogen and oxygen atoms in total. The summed E-state index contributed by atoms with van der Waals surface area (Å²) in [6.45, 7) is 0. The smallest absolute Gasteiger partial charge is 0.126 e. The van der Waals surface area contributed by atoms with Gasteiger partial charge in [0.2, 0.25) is 0 Å². The second kappa shape index (κ2) is 5.23. The number of hydrogen-bond acceptors (Lipinski definition) is 2. The first-order valence-electron chi connectivity index (χ1n) is 5.30. The van der Waals surface area contributed by atoms with Gasteiger partial charge in [0.15, 0.2) is 0 Å². The number of thiophene rings is 1. The molecule has 0 radical (unpaired) electrons. The maximum absolute atomic E-state index is 13.3. The zero-order valence-electron chi connectivity index (χ0n) is 8.90. The largest absolute Gasteiger partial charge is 0.323 e. The lowest BCUT2D eigenvalue weighted by atomic mass is 10.0. The zero-order chi connectivity index (χ0) is 11.4. The zero-order valence-corrected chi connectivity index (χ0v) is 9.71. The fourth-order valence-corrected chi connectivity index (χ4v) is 2.42. The Morgan fingerprint density at radius 1 is 1.19 bits per heavy atom. The Hall–Kier alpha value is -1.19. The molecule has 2 aromatic rings. The van der Waals surface area contributed by atoms with Gasteiger partial charge in [-0.25, -0.2) is 4.39 Å². The normalized spacial score (nSPS) is 12.6. The van der Waals surface area contributed by atoms with Crippen LogP contribution >= 0.6 is 11.3 Å². The van der Waals surface area contributed by atoms with Gasteiger partial charge in [-0.3, -0.25) is 0 Å². The second-order valence-corrected chi connectivity index (χ2v) is 4.73. The Kier molecular flexibility index (Phi) is 3.70. The fraction of sp³-hybridized carbons (Fsp3) is 0.231. The van der Waals surface area contributed by atoms with Crippen LogP contribution in [0.5, 0.6) is 0 Å². The first kappa shape index (κ1) is 11.3. The van der Waals surface area contributed by atoms with E-state index in [9.17, 15) is 4.39 Å². The average molecular weight is 235 g/mol. The molecule has 0 bridgehead atoms. The summed E-state index contributed by atoms with van der Waals surface area (Å²) < 4.78 is 13.3. The van der Waals surface area contributed by atoms with Crippen molar-refractivity contribution in [2.45, 2.75) is 18.9 Å². The lowest BCUT2D eigenvalue weighted by Crippen LogP contribution is -2.10. The molecule has 2 N–H and O–H groups in total. The van der Waals surface area contributed by atoms with Crippen molar-refractivity contribution in [2.24, 2.45) is 5.73 Å². The molecule has 0 saturated heterocycles. The maximum Gasteiger partial charge on any atom is 0.126 e. The van der Waals surface area contributed by atoms with Crippen LogP contribution in [0.3, 0.4) is 0 Å². The van der Waals surface area contributed by atoms with Gasteiger partial charge < -0.3 is 5.73 Å². The van der Waals surface area contributed by atoms with Gasteiger partial charge in [0.1, 0.15) is 5.82 Å². The average Bonchev–Trinajstić information content (AvgIpc) is 2.81. The summed E-state index contributed by atoms with van der Waals surface area (Å²) in [5.74, 6) is -0.138. The van der Waals surface area contributed by atoms with Crippen molar-refractivity contribution in [1.82, 2.24) is 0 Å². The van der Waals surface area contributed by atoms with Gasteiger partial charge in [-0.15, -0.1) is 11.3 Å². The maximum atomic E-state index is 13.3. The number of halogens is 1. The molecule has 1 atom stereocenters. The van der Waals surface area contributed by atoms with Crippen molar-refractivity contribution in [1.29, 1.82) is 0 Å². The van der Waals surface area contributed by atoms with Crippen molar-refractivity contribution in [3.05, 3.63) is 58.0 Å². The summed E-state index contributed by atoms with van der Waals surface area (Å²) in [6.07, 6.45) is 1.47. The molecule has 0 aliphatic carbocycles. The summed E-state index contributed by atoms with van der Waals surface area (Å²) in [6, 6.07) is 10.9. The van der Waals surface area contributed by atoms with Gasteiger partial charge in [-0.1, -0.05) is 24.3 Å². The van der Waals surface area contributed by atoms with Gasteiger partial charge in [0.05, 0.1) is 0 Å². The minimum Gasteiger partial charge on any atom is -0.323 e. The molecule has 2 rings (SSSR count). The highest BCUT2D eigenvalue weighted by molar-refractivity contribution is 7.10. The molecule has 0 fully saturated rings. The summed E-state index contributed by atoms with van der Waals surface area (Å²) >= 11 is 1.65. The Labute approximate surface area is 98.7 Å². The molecule has 1 unspecified atom stereocenters. The molecular formula is C13H14FNS. The molecule has 0 aliphatic heterocycles. The first-order valence-corrected chi connectivity index (χ1v) is 6.17. The van der Waals surface area contributed by atoms with Crippen molar-refractivity contribution in [3.8, 4) is 0 Å². The minimum absolute atomic E-state index is 0.0135. The van der Waals surface area contributed by atoms with Crippen LogP contribution in [0.1, 0.15) is 22.9 Å². The SMILES string of the molecule is NC(CCc1ccccc1F)c1cccs1. The van der Waals surface area contributed by atoms with Crippen molar-refractivity contribution >= 4 is 11.3 Å². The highest BCUT2D eigenvalue weighted by atomic mass is 32.1. The van der Waals surface area contributed by atoms with Crippen LogP contribution in [0, 0.1) is 5.82 Å². The van der Waals surface area contributed by atoms with Gasteiger partial charge in [0.25, 0.3) is 0 Å². The first-order chi connectivity index (χ1) is 7.77. The monoisotopic (exact) mass is 235 g/mol. The van der Waals surface area contributed by atoms with Crippen LogP contribution in [0.4, 0.5) is 4.39 Å². The van der Waals surface area contributed by atoms with E-state index in [1.54, 1.807) is 17.4 Å². The minimum atomic E-state index is -0.138. The van der Waals surface area contributed by atoms with Crippen LogP contribution in [-0.2, 0) is 6.42 Å². The van der Waals surface area contributed by atoms with Crippen molar-refractivity contribution in [2.75, 3.05) is 0 Å². The molecule has 1 heterocycles. The topological polar surface area (TPSA) is 26.0 Å². The molecule has 1 aromatic heterocycles. The third kappa shape index (κ3) is 2.68. The van der Waals surface area contributed by atoms with Crippen LogP contribution in [0.2, 0.25) is 0 Å². The highest BCUT2D eigenvalue weighted by Crippen LogP contribution is 2.21. The molecule has 0 amide bonds. The highest BCUT2D eigenvalue weighted by Gasteiger charge is 2.08. The summed E-state index contributed by atoms with van der Waals surface area (Å²) in [5.41, 5.74) is 6.77. The lowest BCUT2D eigenvalue weighted by molar-refractivity contribution is 0.589. The predicted molar refractivity (Wildman–Crippen MR) is 66.0 cm³/mol. The third-order valence-electron chi connectivity index (χ3n) is 2.59. The van der Waals surface area contributed by atoms with Gasteiger partial charge >= 0.3 is 0 Å². The third-order valence-corrected chi connectivity index (χ3v) is 3.60. The summed E-state index contributed by atoms with van der Waals surface area (Å²) in [7, 11) is 0. The predicted octanol–water partition coefficient (Wildman–Crippen LogP) is 3.52. The number of hydrogen-bond donors (Lipinski definition) is 1. The van der Waals surface area contributed by atoms with Crippen molar-refractivity contribution < 1.29 is 4.39 Å². The molecule has 1 aromatic carbocycles. The van der Waals surface area contributed by atoms with E-state index in [1.807, 2.05) is 29.6 Å². The fourth-order valence-electron chi connectivity index (χ4n) is 1.66. The Morgan fingerprint density at radius 3 is 2.69 bits per heavy atom. The van der Waals surface area contributed by atoms with Gasteiger partial charge in [0, 0.05) is 10.9 Å².